The van der Waals surface area contributed by atoms with Crippen molar-refractivity contribution in [1.82, 2.24) is 4.90 Å². The van der Waals surface area contributed by atoms with Crippen LogP contribution in [0.4, 0.5) is 92.2 Å². The SMILES string of the molecule is Cl.FC(F)(F)C(F)(F)C(F)(F)N(C(F)(F)C(F)(F)C(F)(F)F)C(F)(F)C(F)(F)C(F)(F)F. The van der Waals surface area contributed by atoms with Crippen LogP contribution in [-0.4, -0.2) is 59.3 Å². The van der Waals surface area contributed by atoms with Gasteiger partial charge in [-0.15, -0.1) is 17.3 Å². The fourth-order valence-corrected chi connectivity index (χ4v) is 1.46. The average molecular weight is 558 g/mol. The molecule has 23 heteroatoms. The zero-order valence-corrected chi connectivity index (χ0v) is 14.1. The molecule has 0 bridgehead atoms. The lowest BCUT2D eigenvalue weighted by atomic mass is 10.1. The molecule has 0 spiro atoms. The second-order valence-electron chi connectivity index (χ2n) is 5.18. The van der Waals surface area contributed by atoms with Crippen molar-refractivity contribution in [1.29, 1.82) is 0 Å². The molecule has 32 heavy (non-hydrogen) atoms. The summed E-state index contributed by atoms with van der Waals surface area (Å²) in [6.45, 7) is 0. The van der Waals surface area contributed by atoms with Crippen LogP contribution < -0.4 is 0 Å². The van der Waals surface area contributed by atoms with E-state index >= 15 is 0 Å². The van der Waals surface area contributed by atoms with E-state index in [1.165, 1.54) is 0 Å². The minimum Gasteiger partial charge on any atom is -0.187 e. The Balaban J connectivity index is 0. The molecule has 0 aromatic rings. The molecule has 0 rings (SSSR count). The average Bonchev–Trinajstić information content (AvgIpc) is 2.41. The normalized spacial score (nSPS) is 16.3. The zero-order chi connectivity index (χ0) is 26.1. The fraction of sp³-hybridized carbons (Fsp3) is 1.00. The maximum atomic E-state index is 13.3. The summed E-state index contributed by atoms with van der Waals surface area (Å²) in [5, 5.41) is 0. The first kappa shape index (κ1) is 33.0. The van der Waals surface area contributed by atoms with Crippen LogP contribution in [0.5, 0.6) is 0 Å². The fourth-order valence-electron chi connectivity index (χ4n) is 1.46. The quantitative estimate of drug-likeness (QED) is 0.249. The Bertz CT molecular complexity index is 561. The van der Waals surface area contributed by atoms with Gasteiger partial charge in [-0.3, -0.25) is 0 Å². The summed E-state index contributed by atoms with van der Waals surface area (Å²) < 4.78 is 264. The maximum Gasteiger partial charge on any atom is 0.461 e. The van der Waals surface area contributed by atoms with Crippen LogP contribution in [0.3, 0.4) is 0 Å². The van der Waals surface area contributed by atoms with E-state index in [0.717, 1.165) is 0 Å². The van der Waals surface area contributed by atoms with Gasteiger partial charge >= 0.3 is 54.4 Å². The number of hydrogen-bond donors (Lipinski definition) is 0. The van der Waals surface area contributed by atoms with Crippen LogP contribution in [0, 0.1) is 0 Å². The van der Waals surface area contributed by atoms with Crippen LogP contribution in [0.1, 0.15) is 0 Å². The molecular formula is C9HClF21N. The molecule has 0 aromatic heterocycles. The van der Waals surface area contributed by atoms with Gasteiger partial charge < -0.3 is 0 Å². The van der Waals surface area contributed by atoms with E-state index < -0.39 is 59.3 Å². The van der Waals surface area contributed by atoms with E-state index in [9.17, 15) is 92.2 Å². The highest BCUT2D eigenvalue weighted by molar-refractivity contribution is 5.85. The molecule has 0 aliphatic rings. The topological polar surface area (TPSA) is 3.24 Å². The van der Waals surface area contributed by atoms with Crippen molar-refractivity contribution in [3.63, 3.8) is 0 Å². The molecule has 0 atom stereocenters. The number of halogens is 22. The van der Waals surface area contributed by atoms with Crippen LogP contribution in [-0.2, 0) is 0 Å². The third-order valence-corrected chi connectivity index (χ3v) is 3.04. The van der Waals surface area contributed by atoms with Crippen LogP contribution >= 0.6 is 12.4 Å². The molecule has 0 fully saturated rings. The number of alkyl halides is 21. The second-order valence-corrected chi connectivity index (χ2v) is 5.18. The largest absolute Gasteiger partial charge is 0.461 e. The summed E-state index contributed by atoms with van der Waals surface area (Å²) in [5.74, 6) is -25.8. The van der Waals surface area contributed by atoms with E-state index in [4.69, 9.17) is 0 Å². The van der Waals surface area contributed by atoms with Crippen LogP contribution in [0.15, 0.2) is 0 Å². The van der Waals surface area contributed by atoms with Gasteiger partial charge in [-0.1, -0.05) is 0 Å². The van der Waals surface area contributed by atoms with Crippen molar-refractivity contribution < 1.29 is 92.2 Å². The molecule has 0 aliphatic carbocycles. The van der Waals surface area contributed by atoms with Gasteiger partial charge in [-0.25, -0.2) is 0 Å². The van der Waals surface area contributed by atoms with Crippen molar-refractivity contribution in [3.8, 4) is 0 Å². The van der Waals surface area contributed by atoms with E-state index in [1.807, 2.05) is 0 Å². The van der Waals surface area contributed by atoms with E-state index in [-0.39, 0.29) is 12.4 Å². The third kappa shape index (κ3) is 4.43. The summed E-state index contributed by atoms with van der Waals surface area (Å²) in [5.41, 5.74) is 0. The molecule has 0 saturated heterocycles. The molecule has 0 amide bonds. The van der Waals surface area contributed by atoms with Gasteiger partial charge in [0, 0.05) is 0 Å². The molecule has 0 aliphatic heterocycles. The molecule has 0 aromatic carbocycles. The standard InChI is InChI=1S/C9F21N.ClH/c10-1(11,4(16,17)18)7(25,26)31(8(27,28)2(12,13)5(19,20)21)9(29,30)3(14,15)6(22,23)24;/h;1H. The minimum absolute atomic E-state index is 0. The first-order chi connectivity index (χ1) is 12.9. The lowest BCUT2D eigenvalue weighted by Crippen LogP contribution is -2.78. The molecule has 0 radical (unpaired) electrons. The Kier molecular flexibility index (Phi) is 8.16. The van der Waals surface area contributed by atoms with E-state index in [2.05, 4.69) is 0 Å². The molecular weight excluding hydrogens is 557 g/mol. The third-order valence-electron chi connectivity index (χ3n) is 3.04. The molecule has 0 saturated carbocycles. The summed E-state index contributed by atoms with van der Waals surface area (Å²) >= 11 is 0. The lowest BCUT2D eigenvalue weighted by Gasteiger charge is -2.47. The highest BCUT2D eigenvalue weighted by Gasteiger charge is 2.92. The van der Waals surface area contributed by atoms with Crippen molar-refractivity contribution in [3.05, 3.63) is 0 Å². The highest BCUT2D eigenvalue weighted by Crippen LogP contribution is 2.62. The Hall–Kier alpha value is -1.22. The first-order valence-corrected chi connectivity index (χ1v) is 6.14. The Morgan fingerprint density at radius 1 is 0.281 bits per heavy atom. The zero-order valence-electron chi connectivity index (χ0n) is 13.3. The highest BCUT2D eigenvalue weighted by atomic mass is 35.5. The predicted molar refractivity (Wildman–Crippen MR) is 56.9 cm³/mol. The Morgan fingerprint density at radius 2 is 0.406 bits per heavy atom. The smallest absolute Gasteiger partial charge is 0.187 e. The summed E-state index contributed by atoms with van der Waals surface area (Å²) in [6, 6.07) is -26.9. The molecule has 0 N–H and O–H groups in total. The molecule has 0 unspecified atom stereocenters. The summed E-state index contributed by atoms with van der Waals surface area (Å²) in [6.07, 6.45) is -24.4. The van der Waals surface area contributed by atoms with Gasteiger partial charge in [0.05, 0.1) is 0 Å². The molecule has 1 nitrogen and oxygen atoms in total. The predicted octanol–water partition coefficient (Wildman–Crippen LogP) is 7.08. The first-order valence-electron chi connectivity index (χ1n) is 6.14. The summed E-state index contributed by atoms with van der Waals surface area (Å²) in [4.78, 5) is -5.46. The Labute approximate surface area is 165 Å². The minimum atomic E-state index is -8.97. The summed E-state index contributed by atoms with van der Waals surface area (Å²) in [7, 11) is 0. The van der Waals surface area contributed by atoms with E-state index in [1.54, 1.807) is 0 Å². The van der Waals surface area contributed by atoms with Gasteiger partial charge in [0.2, 0.25) is 0 Å². The van der Waals surface area contributed by atoms with Gasteiger partial charge in [-0.2, -0.15) is 92.2 Å². The van der Waals surface area contributed by atoms with Gasteiger partial charge in [-0.05, 0) is 0 Å². The van der Waals surface area contributed by atoms with Gasteiger partial charge in [0.25, 0.3) is 0 Å². The number of rotatable bonds is 6. The van der Waals surface area contributed by atoms with Crippen molar-refractivity contribution in [2.24, 2.45) is 0 Å². The van der Waals surface area contributed by atoms with Crippen molar-refractivity contribution in [2.45, 2.75) is 54.4 Å². The molecule has 0 heterocycles. The van der Waals surface area contributed by atoms with E-state index in [0.29, 0.717) is 0 Å². The second kappa shape index (κ2) is 7.93. The van der Waals surface area contributed by atoms with Crippen molar-refractivity contribution in [2.75, 3.05) is 0 Å². The van der Waals surface area contributed by atoms with Gasteiger partial charge in [0.15, 0.2) is 0 Å². The lowest BCUT2D eigenvalue weighted by molar-refractivity contribution is -0.521. The monoisotopic (exact) mass is 557 g/mol. The van der Waals surface area contributed by atoms with Crippen LogP contribution in [0.25, 0.3) is 0 Å². The Morgan fingerprint density at radius 3 is 0.500 bits per heavy atom. The van der Waals surface area contributed by atoms with Crippen molar-refractivity contribution >= 4 is 12.4 Å². The maximum absolute atomic E-state index is 13.3. The van der Waals surface area contributed by atoms with Gasteiger partial charge in [0.1, 0.15) is 0 Å². The number of nitrogens with zero attached hydrogens (tertiary/aromatic N) is 1. The number of hydrogen-bond acceptors (Lipinski definition) is 1. The molecule has 196 valence electrons. The van der Waals surface area contributed by atoms with Crippen LogP contribution in [0.2, 0.25) is 0 Å².